The highest BCUT2D eigenvalue weighted by atomic mass is 16.4. The first-order valence-corrected chi connectivity index (χ1v) is 8.05. The average molecular weight is 304 g/mol. The molecule has 0 atom stereocenters. The lowest BCUT2D eigenvalue weighted by molar-refractivity contribution is -0.137. The second-order valence-corrected chi connectivity index (χ2v) is 5.79. The maximum atomic E-state index is 9.76. The third kappa shape index (κ3) is 3.11. The summed E-state index contributed by atoms with van der Waals surface area (Å²) >= 11 is 0. The van der Waals surface area contributed by atoms with Gasteiger partial charge in [-0.2, -0.15) is 0 Å². The second kappa shape index (κ2) is 6.66. The highest BCUT2D eigenvalue weighted by molar-refractivity contribution is 6.22. The van der Waals surface area contributed by atoms with Crippen LogP contribution < -0.4 is 0 Å². The van der Waals surface area contributed by atoms with E-state index in [9.17, 15) is 4.79 Å². The molecular formula is C21H20O2. The van der Waals surface area contributed by atoms with E-state index >= 15 is 0 Å². The molecule has 0 spiro atoms. The van der Waals surface area contributed by atoms with E-state index < -0.39 is 5.97 Å². The molecular weight excluding hydrogens is 284 g/mol. The van der Waals surface area contributed by atoms with Crippen molar-refractivity contribution in [2.75, 3.05) is 0 Å². The zero-order valence-corrected chi connectivity index (χ0v) is 13.3. The van der Waals surface area contributed by atoms with Crippen LogP contribution in [-0.4, -0.2) is 11.1 Å². The van der Waals surface area contributed by atoms with Gasteiger partial charge in [0.2, 0.25) is 0 Å². The average Bonchev–Trinajstić information content (AvgIpc) is 2.58. The van der Waals surface area contributed by atoms with Crippen LogP contribution in [0.15, 0.2) is 60.7 Å². The van der Waals surface area contributed by atoms with Gasteiger partial charge in [-0.1, -0.05) is 74.0 Å². The van der Waals surface area contributed by atoms with Crippen molar-refractivity contribution < 1.29 is 9.90 Å². The van der Waals surface area contributed by atoms with E-state index in [1.807, 2.05) is 6.92 Å². The number of benzene rings is 4. The number of aliphatic carboxylic acids is 1. The summed E-state index contributed by atoms with van der Waals surface area (Å²) in [6.45, 7) is 1.98. The Kier molecular flexibility index (Phi) is 4.42. The van der Waals surface area contributed by atoms with Gasteiger partial charge in [0.05, 0.1) is 0 Å². The summed E-state index contributed by atoms with van der Waals surface area (Å²) in [4.78, 5) is 9.76. The van der Waals surface area contributed by atoms with E-state index in [4.69, 9.17) is 5.11 Å². The molecule has 0 aliphatic carbocycles. The SMILES string of the molecule is CCCCC(=O)O.c1cc2ccc3cccc4ccc(c1)c2c34. The fraction of sp³-hybridized carbons (Fsp3) is 0.190. The second-order valence-electron chi connectivity index (χ2n) is 5.79. The third-order valence-corrected chi connectivity index (χ3v) is 4.14. The van der Waals surface area contributed by atoms with Gasteiger partial charge in [-0.15, -0.1) is 0 Å². The molecule has 0 radical (unpaired) electrons. The molecule has 1 N–H and O–H groups in total. The summed E-state index contributed by atoms with van der Waals surface area (Å²) in [5.41, 5.74) is 0. The van der Waals surface area contributed by atoms with E-state index in [0.29, 0.717) is 6.42 Å². The topological polar surface area (TPSA) is 37.3 Å². The van der Waals surface area contributed by atoms with Crippen LogP contribution in [0.2, 0.25) is 0 Å². The molecule has 0 aromatic heterocycles. The molecule has 0 saturated carbocycles. The van der Waals surface area contributed by atoms with Gasteiger partial charge < -0.3 is 5.11 Å². The summed E-state index contributed by atoms with van der Waals surface area (Å²) in [5.74, 6) is -0.693. The van der Waals surface area contributed by atoms with Gasteiger partial charge in [-0.25, -0.2) is 0 Å². The molecule has 0 heterocycles. The third-order valence-electron chi connectivity index (χ3n) is 4.14. The van der Waals surface area contributed by atoms with Crippen LogP contribution in [0, 0.1) is 0 Å². The zero-order valence-electron chi connectivity index (χ0n) is 13.3. The van der Waals surface area contributed by atoms with Gasteiger partial charge in [0.1, 0.15) is 0 Å². The maximum absolute atomic E-state index is 9.76. The number of hydrogen-bond donors (Lipinski definition) is 1. The minimum atomic E-state index is -0.693. The summed E-state index contributed by atoms with van der Waals surface area (Å²) in [6.07, 6.45) is 2.08. The summed E-state index contributed by atoms with van der Waals surface area (Å²) in [5, 5.41) is 16.2. The molecule has 0 saturated heterocycles. The minimum absolute atomic E-state index is 0.316. The highest BCUT2D eigenvalue weighted by Gasteiger charge is 2.05. The van der Waals surface area contributed by atoms with Crippen molar-refractivity contribution in [3.8, 4) is 0 Å². The predicted molar refractivity (Wildman–Crippen MR) is 97.3 cm³/mol. The molecule has 0 unspecified atom stereocenters. The smallest absolute Gasteiger partial charge is 0.303 e. The van der Waals surface area contributed by atoms with Gasteiger partial charge in [0, 0.05) is 6.42 Å². The Labute approximate surface area is 135 Å². The number of carbonyl (C=O) groups is 1. The Morgan fingerprint density at radius 1 is 0.783 bits per heavy atom. The van der Waals surface area contributed by atoms with E-state index in [-0.39, 0.29) is 0 Å². The van der Waals surface area contributed by atoms with E-state index in [0.717, 1.165) is 12.8 Å². The van der Waals surface area contributed by atoms with Crippen LogP contribution in [0.4, 0.5) is 0 Å². The van der Waals surface area contributed by atoms with Crippen molar-refractivity contribution in [2.45, 2.75) is 26.2 Å². The zero-order chi connectivity index (χ0) is 16.2. The maximum Gasteiger partial charge on any atom is 0.303 e. The monoisotopic (exact) mass is 304 g/mol. The summed E-state index contributed by atoms with van der Waals surface area (Å²) in [7, 11) is 0. The van der Waals surface area contributed by atoms with Crippen molar-refractivity contribution in [1.82, 2.24) is 0 Å². The normalized spacial score (nSPS) is 10.8. The van der Waals surface area contributed by atoms with Crippen LogP contribution >= 0.6 is 0 Å². The lowest BCUT2D eigenvalue weighted by Gasteiger charge is -2.09. The highest BCUT2D eigenvalue weighted by Crippen LogP contribution is 2.33. The number of rotatable bonds is 3. The molecule has 4 rings (SSSR count). The van der Waals surface area contributed by atoms with Crippen molar-refractivity contribution >= 4 is 38.3 Å². The van der Waals surface area contributed by atoms with Crippen LogP contribution in [0.3, 0.4) is 0 Å². The quantitative estimate of drug-likeness (QED) is 0.482. The van der Waals surface area contributed by atoms with Crippen molar-refractivity contribution in [2.24, 2.45) is 0 Å². The first-order valence-electron chi connectivity index (χ1n) is 8.05. The standard InChI is InChI=1S/C16H10.C5H10O2/c1-3-11-7-9-13-5-2-6-14-10-8-12(4-1)15(11)16(13)14;1-2-3-4-5(6)7/h1-10H;2-4H2,1H3,(H,6,7). The molecule has 23 heavy (non-hydrogen) atoms. The molecule has 0 fully saturated rings. The lowest BCUT2D eigenvalue weighted by atomic mass is 9.95. The van der Waals surface area contributed by atoms with E-state index in [1.165, 1.54) is 32.3 Å². The van der Waals surface area contributed by atoms with Gasteiger partial charge in [0.15, 0.2) is 0 Å². The fourth-order valence-electron chi connectivity index (χ4n) is 3.00. The van der Waals surface area contributed by atoms with Crippen molar-refractivity contribution in [3.63, 3.8) is 0 Å². The van der Waals surface area contributed by atoms with E-state index in [2.05, 4.69) is 60.7 Å². The number of carboxylic acid groups (broad SMARTS) is 1. The fourth-order valence-corrected chi connectivity index (χ4v) is 3.00. The Morgan fingerprint density at radius 2 is 1.17 bits per heavy atom. The molecule has 2 heteroatoms. The van der Waals surface area contributed by atoms with Crippen LogP contribution in [0.1, 0.15) is 26.2 Å². The number of carboxylic acids is 1. The Hall–Kier alpha value is -2.61. The van der Waals surface area contributed by atoms with Gasteiger partial charge >= 0.3 is 5.97 Å². The van der Waals surface area contributed by atoms with Crippen molar-refractivity contribution in [1.29, 1.82) is 0 Å². The summed E-state index contributed by atoms with van der Waals surface area (Å²) < 4.78 is 0. The Morgan fingerprint density at radius 3 is 1.43 bits per heavy atom. The molecule has 4 aromatic rings. The van der Waals surface area contributed by atoms with Gasteiger partial charge in [-0.05, 0) is 38.7 Å². The predicted octanol–water partition coefficient (Wildman–Crippen LogP) is 5.85. The lowest BCUT2D eigenvalue weighted by Crippen LogP contribution is -1.91. The largest absolute Gasteiger partial charge is 0.481 e. The van der Waals surface area contributed by atoms with Crippen LogP contribution in [0.5, 0.6) is 0 Å². The van der Waals surface area contributed by atoms with Crippen LogP contribution in [0.25, 0.3) is 32.3 Å². The number of unbranched alkanes of at least 4 members (excludes halogenated alkanes) is 1. The molecule has 2 nitrogen and oxygen atoms in total. The molecule has 4 aromatic carbocycles. The summed E-state index contributed by atoms with van der Waals surface area (Å²) in [6, 6.07) is 21.9. The molecule has 0 aliphatic rings. The first-order chi connectivity index (χ1) is 11.2. The number of hydrogen-bond acceptors (Lipinski definition) is 1. The Balaban J connectivity index is 0.000000193. The van der Waals surface area contributed by atoms with E-state index in [1.54, 1.807) is 0 Å². The molecule has 0 bridgehead atoms. The van der Waals surface area contributed by atoms with Crippen LogP contribution in [-0.2, 0) is 4.79 Å². The molecule has 0 amide bonds. The van der Waals surface area contributed by atoms with Gasteiger partial charge in [-0.3, -0.25) is 4.79 Å². The molecule has 116 valence electrons. The van der Waals surface area contributed by atoms with Crippen molar-refractivity contribution in [3.05, 3.63) is 60.7 Å². The Bertz CT molecular complexity index is 810. The van der Waals surface area contributed by atoms with Gasteiger partial charge in [0.25, 0.3) is 0 Å². The molecule has 0 aliphatic heterocycles. The minimum Gasteiger partial charge on any atom is -0.481 e. The first kappa shape index (κ1) is 15.3.